The lowest BCUT2D eigenvalue weighted by Crippen LogP contribution is -2.53. The summed E-state index contributed by atoms with van der Waals surface area (Å²) in [6.45, 7) is 16.9. The molecule has 2 saturated carbocycles. The van der Waals surface area contributed by atoms with E-state index in [0.29, 0.717) is 17.8 Å². The minimum Gasteiger partial charge on any atom is -0.396 e. The van der Waals surface area contributed by atoms with Crippen LogP contribution in [0.2, 0.25) is 0 Å². The van der Waals surface area contributed by atoms with Gasteiger partial charge in [0.2, 0.25) is 0 Å². The fourth-order valence-corrected chi connectivity index (χ4v) is 7.18. The monoisotopic (exact) mass is 399 g/mol. The van der Waals surface area contributed by atoms with Crippen LogP contribution in [0.1, 0.15) is 71.6 Å². The molecule has 1 heterocycles. The first-order valence-corrected chi connectivity index (χ1v) is 11.6. The number of allylic oxidation sites excluding steroid dienone is 1. The molecule has 2 fully saturated rings. The summed E-state index contributed by atoms with van der Waals surface area (Å²) in [7, 11) is 0. The summed E-state index contributed by atoms with van der Waals surface area (Å²) in [5, 5.41) is 15.3. The molecular weight excluding hydrogens is 358 g/mol. The average molecular weight is 400 g/mol. The van der Waals surface area contributed by atoms with E-state index in [1.54, 1.807) is 0 Å². The van der Waals surface area contributed by atoms with Crippen LogP contribution in [0.15, 0.2) is 18.3 Å². The van der Waals surface area contributed by atoms with Crippen molar-refractivity contribution >= 4 is 0 Å². The van der Waals surface area contributed by atoms with Gasteiger partial charge >= 0.3 is 0 Å². The van der Waals surface area contributed by atoms with Gasteiger partial charge in [-0.15, -0.1) is 0 Å². The van der Waals surface area contributed by atoms with Crippen molar-refractivity contribution in [2.24, 2.45) is 40.2 Å². The third-order valence-electron chi connectivity index (χ3n) is 9.24. The summed E-state index contributed by atoms with van der Waals surface area (Å²) in [6, 6.07) is 0. The summed E-state index contributed by atoms with van der Waals surface area (Å²) in [4.78, 5) is 0. The summed E-state index contributed by atoms with van der Waals surface area (Å²) in [5.41, 5.74) is 10.8. The molecular formula is C25H41N3O. The van der Waals surface area contributed by atoms with Gasteiger partial charge in [0, 0.05) is 12.8 Å². The van der Waals surface area contributed by atoms with E-state index >= 15 is 0 Å². The number of aromatic nitrogens is 2. The summed E-state index contributed by atoms with van der Waals surface area (Å²) < 4.78 is 2.12. The highest BCUT2D eigenvalue weighted by Crippen LogP contribution is 2.62. The van der Waals surface area contributed by atoms with Crippen LogP contribution in [0, 0.1) is 34.5 Å². The molecule has 0 aliphatic heterocycles. The van der Waals surface area contributed by atoms with Crippen molar-refractivity contribution in [2.75, 3.05) is 13.2 Å². The first-order valence-electron chi connectivity index (χ1n) is 11.6. The van der Waals surface area contributed by atoms with Gasteiger partial charge in [0.1, 0.15) is 0 Å². The Balaban J connectivity index is 1.69. The van der Waals surface area contributed by atoms with Gasteiger partial charge in [-0.05, 0) is 106 Å². The third-order valence-corrected chi connectivity index (χ3v) is 9.24. The standard InChI is InChI=1S/C25H41N3O/c1-16-7-8-20-19(13-26)21(9-10-24(16,20)5)25(6)12-17-14-28(23(2,3)4)27-22(17)11-18(25)15-29/h14,18-21,29H,1,7-13,15,26H2,2-6H3/t18-,19+,20+,21+,24-,25+/m1/s1. The van der Waals surface area contributed by atoms with Gasteiger partial charge in [-0.25, -0.2) is 0 Å². The molecule has 1 aromatic heterocycles. The Labute approximate surface area is 176 Å². The second-order valence-electron chi connectivity index (χ2n) is 11.7. The zero-order chi connectivity index (χ0) is 21.2. The smallest absolute Gasteiger partial charge is 0.0660 e. The van der Waals surface area contributed by atoms with Crippen molar-refractivity contribution < 1.29 is 5.11 Å². The minimum atomic E-state index is -0.0148. The van der Waals surface area contributed by atoms with E-state index in [-0.39, 0.29) is 28.9 Å². The SMILES string of the molecule is C=C1CC[C@H]2[C@H](CN)[C@@H]([C@@]3(C)Cc4cn(C(C)(C)C)nc4C[C@@H]3CO)CC[C@]12C. The zero-order valence-corrected chi connectivity index (χ0v) is 19.2. The van der Waals surface area contributed by atoms with E-state index in [1.165, 1.54) is 36.1 Å². The molecule has 0 aromatic carbocycles. The second-order valence-corrected chi connectivity index (χ2v) is 11.7. The van der Waals surface area contributed by atoms with Crippen molar-refractivity contribution in [2.45, 2.75) is 78.7 Å². The van der Waals surface area contributed by atoms with Gasteiger partial charge in [0.25, 0.3) is 0 Å². The second kappa shape index (κ2) is 6.95. The minimum absolute atomic E-state index is 0.0148. The molecule has 0 radical (unpaired) electrons. The molecule has 4 heteroatoms. The van der Waals surface area contributed by atoms with Crippen molar-refractivity contribution in [3.63, 3.8) is 0 Å². The van der Waals surface area contributed by atoms with Crippen LogP contribution in [-0.4, -0.2) is 28.0 Å². The van der Waals surface area contributed by atoms with Gasteiger partial charge in [0.15, 0.2) is 0 Å². The molecule has 0 amide bonds. The van der Waals surface area contributed by atoms with Gasteiger partial charge in [0.05, 0.1) is 11.2 Å². The zero-order valence-electron chi connectivity index (χ0n) is 19.2. The summed E-state index contributed by atoms with van der Waals surface area (Å²) >= 11 is 0. The van der Waals surface area contributed by atoms with Crippen LogP contribution in [0.5, 0.6) is 0 Å². The van der Waals surface area contributed by atoms with Crippen LogP contribution in [0.3, 0.4) is 0 Å². The van der Waals surface area contributed by atoms with E-state index in [4.69, 9.17) is 10.8 Å². The fourth-order valence-electron chi connectivity index (χ4n) is 7.18. The highest BCUT2D eigenvalue weighted by atomic mass is 16.3. The number of fused-ring (bicyclic) bond motifs is 2. The highest BCUT2D eigenvalue weighted by Gasteiger charge is 2.56. The molecule has 3 N–H and O–H groups in total. The lowest BCUT2D eigenvalue weighted by Gasteiger charge is -2.55. The fraction of sp³-hybridized carbons (Fsp3) is 0.800. The molecule has 0 spiro atoms. The van der Waals surface area contributed by atoms with Crippen molar-refractivity contribution in [3.8, 4) is 0 Å². The maximum Gasteiger partial charge on any atom is 0.0660 e. The molecule has 4 rings (SSSR count). The topological polar surface area (TPSA) is 64.1 Å². The summed E-state index contributed by atoms with van der Waals surface area (Å²) in [5.74, 6) is 1.98. The van der Waals surface area contributed by atoms with Crippen LogP contribution >= 0.6 is 0 Å². The predicted molar refractivity (Wildman–Crippen MR) is 119 cm³/mol. The Morgan fingerprint density at radius 3 is 2.62 bits per heavy atom. The molecule has 0 unspecified atom stereocenters. The molecule has 0 saturated heterocycles. The Morgan fingerprint density at radius 1 is 1.28 bits per heavy atom. The first kappa shape index (κ1) is 21.1. The molecule has 3 aliphatic rings. The van der Waals surface area contributed by atoms with Gasteiger partial charge in [-0.1, -0.05) is 26.0 Å². The molecule has 6 atom stereocenters. The van der Waals surface area contributed by atoms with Crippen LogP contribution < -0.4 is 5.73 Å². The Morgan fingerprint density at radius 2 is 2.00 bits per heavy atom. The maximum absolute atomic E-state index is 10.4. The number of aliphatic hydroxyl groups is 1. The Hall–Kier alpha value is -1.13. The molecule has 0 bridgehead atoms. The van der Waals surface area contributed by atoms with E-state index in [0.717, 1.165) is 25.8 Å². The van der Waals surface area contributed by atoms with E-state index in [1.807, 2.05) is 0 Å². The molecule has 3 aliphatic carbocycles. The number of nitrogens with zero attached hydrogens (tertiary/aromatic N) is 2. The third kappa shape index (κ3) is 3.13. The first-order chi connectivity index (χ1) is 13.5. The van der Waals surface area contributed by atoms with Crippen molar-refractivity contribution in [1.82, 2.24) is 9.78 Å². The van der Waals surface area contributed by atoms with Crippen molar-refractivity contribution in [3.05, 3.63) is 29.6 Å². The normalized spacial score (nSPS) is 40.0. The maximum atomic E-state index is 10.4. The van der Waals surface area contributed by atoms with Crippen LogP contribution in [-0.2, 0) is 18.4 Å². The number of hydrogen-bond donors (Lipinski definition) is 2. The van der Waals surface area contributed by atoms with Gasteiger partial charge < -0.3 is 10.8 Å². The molecule has 29 heavy (non-hydrogen) atoms. The highest BCUT2D eigenvalue weighted by molar-refractivity contribution is 5.27. The Bertz CT molecular complexity index is 790. The lowest BCUT2D eigenvalue weighted by atomic mass is 9.49. The lowest BCUT2D eigenvalue weighted by molar-refractivity contribution is -0.0536. The number of nitrogens with two attached hydrogens (primary N) is 1. The Kier molecular flexibility index (Phi) is 5.06. The largest absolute Gasteiger partial charge is 0.396 e. The quantitative estimate of drug-likeness (QED) is 0.745. The number of hydrogen-bond acceptors (Lipinski definition) is 3. The number of rotatable bonds is 3. The van der Waals surface area contributed by atoms with E-state index in [9.17, 15) is 5.11 Å². The van der Waals surface area contributed by atoms with Crippen LogP contribution in [0.25, 0.3) is 0 Å². The van der Waals surface area contributed by atoms with E-state index < -0.39 is 0 Å². The van der Waals surface area contributed by atoms with Crippen molar-refractivity contribution in [1.29, 1.82) is 0 Å². The molecule has 1 aromatic rings. The average Bonchev–Trinajstić information content (AvgIpc) is 3.20. The summed E-state index contributed by atoms with van der Waals surface area (Å²) in [6.07, 6.45) is 8.98. The van der Waals surface area contributed by atoms with Gasteiger partial charge in [-0.3, -0.25) is 4.68 Å². The molecule has 4 nitrogen and oxygen atoms in total. The van der Waals surface area contributed by atoms with Crippen LogP contribution in [0.4, 0.5) is 0 Å². The van der Waals surface area contributed by atoms with Gasteiger partial charge in [-0.2, -0.15) is 5.10 Å². The van der Waals surface area contributed by atoms with E-state index in [2.05, 4.69) is 52.1 Å². The number of aliphatic hydroxyl groups excluding tert-OH is 1. The predicted octanol–water partition coefficient (Wildman–Crippen LogP) is 4.31. The molecule has 162 valence electrons.